The van der Waals surface area contributed by atoms with E-state index in [1.54, 1.807) is 7.11 Å². The van der Waals surface area contributed by atoms with Gasteiger partial charge in [0.15, 0.2) is 5.84 Å². The molecule has 0 radical (unpaired) electrons. The Labute approximate surface area is 168 Å². The number of hydrogen-bond donors (Lipinski definition) is 0. The van der Waals surface area contributed by atoms with E-state index in [2.05, 4.69) is 27.7 Å². The number of benzene rings is 1. The number of aryl methyl sites for hydroxylation is 1. The predicted molar refractivity (Wildman–Crippen MR) is 111 cm³/mol. The van der Waals surface area contributed by atoms with Crippen LogP contribution >= 0.6 is 0 Å². The Morgan fingerprint density at radius 3 is 2.54 bits per heavy atom. The van der Waals surface area contributed by atoms with Gasteiger partial charge in [0.2, 0.25) is 0 Å². The zero-order valence-electron chi connectivity index (χ0n) is 17.7. The Balaban J connectivity index is 1.84. The molecule has 0 aromatic heterocycles. The number of carbonyl (C=O) groups is 1. The van der Waals surface area contributed by atoms with Crippen LogP contribution in [0.15, 0.2) is 34.6 Å². The van der Waals surface area contributed by atoms with E-state index in [4.69, 9.17) is 9.84 Å². The quantitative estimate of drug-likeness (QED) is 0.731. The number of hydrogen-bond acceptors (Lipinski definition) is 4. The SMILES string of the molecule is CCC(CC)C1=C2C(=O)N(C3CC3)C(c3ccc(OC)cc3C)=NN2C(C)C1. The van der Waals surface area contributed by atoms with Gasteiger partial charge in [-0.25, -0.2) is 0 Å². The van der Waals surface area contributed by atoms with E-state index >= 15 is 0 Å². The zero-order valence-corrected chi connectivity index (χ0v) is 17.7. The molecule has 1 saturated carbocycles. The molecule has 1 unspecified atom stereocenters. The lowest BCUT2D eigenvalue weighted by atomic mass is 9.90. The third-order valence-corrected chi connectivity index (χ3v) is 6.38. The van der Waals surface area contributed by atoms with Crippen LogP contribution in [-0.4, -0.2) is 40.8 Å². The number of hydrazone groups is 1. The van der Waals surface area contributed by atoms with E-state index in [0.717, 1.165) is 60.5 Å². The zero-order chi connectivity index (χ0) is 20.0. The van der Waals surface area contributed by atoms with Crippen LogP contribution in [0.4, 0.5) is 0 Å². The molecule has 1 amide bonds. The highest BCUT2D eigenvalue weighted by Gasteiger charge is 2.47. The normalized spacial score (nSPS) is 22.1. The first-order chi connectivity index (χ1) is 13.5. The van der Waals surface area contributed by atoms with E-state index in [1.807, 2.05) is 28.1 Å². The van der Waals surface area contributed by atoms with Crippen molar-refractivity contribution in [2.75, 3.05) is 7.11 Å². The van der Waals surface area contributed by atoms with Crippen LogP contribution in [0.5, 0.6) is 5.75 Å². The van der Waals surface area contributed by atoms with Crippen LogP contribution in [-0.2, 0) is 4.79 Å². The number of fused-ring (bicyclic) bond motifs is 1. The van der Waals surface area contributed by atoms with Crippen molar-refractivity contribution in [1.82, 2.24) is 9.91 Å². The third kappa shape index (κ3) is 3.01. The first kappa shape index (κ1) is 19.0. The second-order valence-electron chi connectivity index (χ2n) is 8.30. The first-order valence-electron chi connectivity index (χ1n) is 10.6. The molecule has 1 atom stereocenters. The molecular weight excluding hydrogens is 350 g/mol. The van der Waals surface area contributed by atoms with Crippen molar-refractivity contribution in [3.8, 4) is 5.75 Å². The van der Waals surface area contributed by atoms with Gasteiger partial charge in [0.25, 0.3) is 5.91 Å². The van der Waals surface area contributed by atoms with Crippen molar-refractivity contribution in [3.05, 3.63) is 40.6 Å². The molecule has 0 spiro atoms. The number of carbonyl (C=O) groups excluding carboxylic acids is 1. The molecule has 0 N–H and O–H groups in total. The van der Waals surface area contributed by atoms with Gasteiger partial charge in [-0.2, -0.15) is 5.10 Å². The van der Waals surface area contributed by atoms with Gasteiger partial charge in [0, 0.05) is 11.6 Å². The lowest BCUT2D eigenvalue weighted by Gasteiger charge is -2.35. The maximum Gasteiger partial charge on any atom is 0.277 e. The molecule has 5 nitrogen and oxygen atoms in total. The summed E-state index contributed by atoms with van der Waals surface area (Å²) < 4.78 is 5.36. The smallest absolute Gasteiger partial charge is 0.277 e. The van der Waals surface area contributed by atoms with E-state index in [0.29, 0.717) is 5.92 Å². The minimum Gasteiger partial charge on any atom is -0.497 e. The van der Waals surface area contributed by atoms with E-state index in [1.165, 1.54) is 5.57 Å². The number of rotatable bonds is 6. The molecule has 28 heavy (non-hydrogen) atoms. The van der Waals surface area contributed by atoms with Gasteiger partial charge >= 0.3 is 0 Å². The number of amides is 1. The van der Waals surface area contributed by atoms with Crippen LogP contribution < -0.4 is 4.74 Å². The molecular formula is C23H31N3O2. The molecule has 0 bridgehead atoms. The summed E-state index contributed by atoms with van der Waals surface area (Å²) >= 11 is 0. The lowest BCUT2D eigenvalue weighted by molar-refractivity contribution is -0.126. The van der Waals surface area contributed by atoms with E-state index < -0.39 is 0 Å². The largest absolute Gasteiger partial charge is 0.497 e. The lowest BCUT2D eigenvalue weighted by Crippen LogP contribution is -2.48. The monoisotopic (exact) mass is 381 g/mol. The molecule has 1 aliphatic carbocycles. The Bertz CT molecular complexity index is 849. The molecule has 150 valence electrons. The predicted octanol–water partition coefficient (Wildman–Crippen LogP) is 4.45. The molecule has 1 fully saturated rings. The van der Waals surface area contributed by atoms with Gasteiger partial charge in [-0.05, 0) is 81.2 Å². The average molecular weight is 382 g/mol. The maximum absolute atomic E-state index is 13.7. The summed E-state index contributed by atoms with van der Waals surface area (Å²) in [7, 11) is 1.68. The molecule has 1 aromatic rings. The van der Waals surface area contributed by atoms with Gasteiger partial charge in [0.1, 0.15) is 11.4 Å². The molecule has 4 rings (SSSR count). The van der Waals surface area contributed by atoms with Crippen molar-refractivity contribution in [1.29, 1.82) is 0 Å². The summed E-state index contributed by atoms with van der Waals surface area (Å²) in [5, 5.41) is 7.07. The standard InChI is InChI=1S/C23H31N3O2/c1-6-16(7-2)20-13-15(4)26-21(20)23(27)25(17-8-9-17)22(24-26)19-11-10-18(28-5)12-14(19)3/h10-12,15-17H,6-9,13H2,1-5H3. The van der Waals surface area contributed by atoms with Gasteiger partial charge in [-0.15, -0.1) is 0 Å². The van der Waals surface area contributed by atoms with Crippen molar-refractivity contribution < 1.29 is 9.53 Å². The fourth-order valence-corrected chi connectivity index (χ4v) is 4.62. The minimum absolute atomic E-state index is 0.147. The summed E-state index contributed by atoms with van der Waals surface area (Å²) in [5.74, 6) is 2.24. The maximum atomic E-state index is 13.7. The molecule has 2 heterocycles. The average Bonchev–Trinajstić information content (AvgIpc) is 3.47. The fraction of sp³-hybridized carbons (Fsp3) is 0.565. The van der Waals surface area contributed by atoms with Gasteiger partial charge in [-0.3, -0.25) is 14.7 Å². The molecule has 1 aromatic carbocycles. The highest BCUT2D eigenvalue weighted by atomic mass is 16.5. The van der Waals surface area contributed by atoms with Crippen molar-refractivity contribution in [2.45, 2.75) is 71.9 Å². The fourth-order valence-electron chi connectivity index (χ4n) is 4.62. The van der Waals surface area contributed by atoms with Crippen LogP contribution in [0, 0.1) is 12.8 Å². The second-order valence-corrected chi connectivity index (χ2v) is 8.30. The first-order valence-corrected chi connectivity index (χ1v) is 10.6. The second kappa shape index (κ2) is 7.26. The minimum atomic E-state index is 0.147. The van der Waals surface area contributed by atoms with Crippen molar-refractivity contribution in [2.24, 2.45) is 11.0 Å². The summed E-state index contributed by atoms with van der Waals surface area (Å²) in [6.45, 7) is 8.68. The summed E-state index contributed by atoms with van der Waals surface area (Å²) in [5.41, 5.74) is 4.25. The van der Waals surface area contributed by atoms with E-state index in [9.17, 15) is 4.79 Å². The molecule has 2 aliphatic heterocycles. The number of nitrogens with zero attached hydrogens (tertiary/aromatic N) is 3. The highest BCUT2D eigenvalue weighted by Crippen LogP contribution is 2.42. The highest BCUT2D eigenvalue weighted by molar-refractivity contribution is 6.15. The Morgan fingerprint density at radius 1 is 1.25 bits per heavy atom. The summed E-state index contributed by atoms with van der Waals surface area (Å²) in [6.07, 6.45) is 5.19. The topological polar surface area (TPSA) is 45.1 Å². The van der Waals surface area contributed by atoms with Crippen LogP contribution in [0.25, 0.3) is 0 Å². The molecule has 0 saturated heterocycles. The number of amidine groups is 1. The van der Waals surface area contributed by atoms with Crippen molar-refractivity contribution in [3.63, 3.8) is 0 Å². The molecule has 3 aliphatic rings. The Kier molecular flexibility index (Phi) is 4.94. The van der Waals surface area contributed by atoms with Gasteiger partial charge in [-0.1, -0.05) is 13.8 Å². The van der Waals surface area contributed by atoms with Crippen LogP contribution in [0.3, 0.4) is 0 Å². The van der Waals surface area contributed by atoms with Gasteiger partial charge < -0.3 is 4.74 Å². The molecule has 5 heteroatoms. The van der Waals surface area contributed by atoms with Crippen LogP contribution in [0.2, 0.25) is 0 Å². The third-order valence-electron chi connectivity index (χ3n) is 6.38. The van der Waals surface area contributed by atoms with Crippen molar-refractivity contribution >= 4 is 11.7 Å². The Morgan fingerprint density at radius 2 is 1.96 bits per heavy atom. The Hall–Kier alpha value is -2.30. The van der Waals surface area contributed by atoms with Crippen LogP contribution in [0.1, 0.15) is 64.0 Å². The number of methoxy groups -OCH3 is 1. The number of ether oxygens (including phenoxy) is 1. The summed E-state index contributed by atoms with van der Waals surface area (Å²) in [4.78, 5) is 15.7. The van der Waals surface area contributed by atoms with E-state index in [-0.39, 0.29) is 18.0 Å². The summed E-state index contributed by atoms with van der Waals surface area (Å²) in [6, 6.07) is 6.51. The van der Waals surface area contributed by atoms with Gasteiger partial charge in [0.05, 0.1) is 13.2 Å².